The molecule has 0 aliphatic rings. The van der Waals surface area contributed by atoms with Crippen LogP contribution in [0.1, 0.15) is 16.1 Å². The van der Waals surface area contributed by atoms with E-state index < -0.39 is 11.6 Å². The van der Waals surface area contributed by atoms with Crippen LogP contribution in [-0.4, -0.2) is 21.0 Å². The van der Waals surface area contributed by atoms with Crippen molar-refractivity contribution in [1.82, 2.24) is 20.4 Å². The SMILES string of the molecule is O=C(NCc1ccncc1)c1cc(-c2nocc2-c2cc(F)ccc2F)c[nH]1. The summed E-state index contributed by atoms with van der Waals surface area (Å²) >= 11 is 0. The molecule has 6 nitrogen and oxygen atoms in total. The predicted octanol–water partition coefficient (Wildman–Crippen LogP) is 3.94. The summed E-state index contributed by atoms with van der Waals surface area (Å²) in [6, 6.07) is 8.32. The number of amides is 1. The molecule has 0 saturated heterocycles. The number of H-pyrrole nitrogens is 1. The van der Waals surface area contributed by atoms with Crippen LogP contribution in [0, 0.1) is 11.6 Å². The lowest BCUT2D eigenvalue weighted by atomic mass is 10.0. The second kappa shape index (κ2) is 7.43. The maximum Gasteiger partial charge on any atom is 0.267 e. The van der Waals surface area contributed by atoms with E-state index in [1.807, 2.05) is 0 Å². The van der Waals surface area contributed by atoms with Gasteiger partial charge in [-0.1, -0.05) is 5.16 Å². The molecule has 140 valence electrons. The molecule has 0 fully saturated rings. The van der Waals surface area contributed by atoms with Gasteiger partial charge in [-0.25, -0.2) is 8.78 Å². The van der Waals surface area contributed by atoms with Crippen molar-refractivity contribution in [2.24, 2.45) is 0 Å². The van der Waals surface area contributed by atoms with Crippen LogP contribution in [0.5, 0.6) is 0 Å². The first-order chi connectivity index (χ1) is 13.6. The van der Waals surface area contributed by atoms with Crippen molar-refractivity contribution in [3.8, 4) is 22.4 Å². The number of nitrogens with zero attached hydrogens (tertiary/aromatic N) is 2. The second-order valence-electron chi connectivity index (χ2n) is 6.04. The molecule has 3 aromatic heterocycles. The van der Waals surface area contributed by atoms with E-state index in [0.29, 0.717) is 29.1 Å². The fourth-order valence-electron chi connectivity index (χ4n) is 2.78. The van der Waals surface area contributed by atoms with Crippen LogP contribution < -0.4 is 5.32 Å². The van der Waals surface area contributed by atoms with Crippen molar-refractivity contribution in [2.45, 2.75) is 6.54 Å². The number of aromatic nitrogens is 3. The minimum atomic E-state index is -0.600. The van der Waals surface area contributed by atoms with Crippen molar-refractivity contribution >= 4 is 5.91 Å². The molecule has 0 atom stereocenters. The highest BCUT2D eigenvalue weighted by atomic mass is 19.1. The molecular formula is C20H14F2N4O2. The Morgan fingerprint density at radius 2 is 1.93 bits per heavy atom. The Morgan fingerprint density at radius 1 is 1.11 bits per heavy atom. The highest BCUT2D eigenvalue weighted by Crippen LogP contribution is 2.33. The molecule has 0 spiro atoms. The summed E-state index contributed by atoms with van der Waals surface area (Å²) in [4.78, 5) is 19.1. The van der Waals surface area contributed by atoms with E-state index in [-0.39, 0.29) is 11.5 Å². The molecule has 1 aromatic carbocycles. The highest BCUT2D eigenvalue weighted by molar-refractivity contribution is 5.94. The quantitative estimate of drug-likeness (QED) is 0.549. The molecule has 3 heterocycles. The third-order valence-corrected chi connectivity index (χ3v) is 4.19. The Labute approximate surface area is 158 Å². The van der Waals surface area contributed by atoms with E-state index >= 15 is 0 Å². The highest BCUT2D eigenvalue weighted by Gasteiger charge is 2.19. The Bertz CT molecular complexity index is 1120. The number of rotatable bonds is 5. The standard InChI is InChI=1S/C20H14F2N4O2/c21-14-1-2-17(22)15(8-14)16-11-28-26-19(16)13-7-18(24-10-13)20(27)25-9-12-3-5-23-6-4-12/h1-8,10-11,24H,9H2,(H,25,27). The number of benzene rings is 1. The lowest BCUT2D eigenvalue weighted by Crippen LogP contribution is -2.22. The van der Waals surface area contributed by atoms with Crippen LogP contribution >= 0.6 is 0 Å². The number of hydrogen-bond donors (Lipinski definition) is 2. The molecule has 4 aromatic rings. The second-order valence-corrected chi connectivity index (χ2v) is 6.04. The first-order valence-corrected chi connectivity index (χ1v) is 8.37. The minimum absolute atomic E-state index is 0.0288. The predicted molar refractivity (Wildman–Crippen MR) is 97.0 cm³/mol. The molecule has 0 unspecified atom stereocenters. The van der Waals surface area contributed by atoms with Crippen LogP contribution in [0.3, 0.4) is 0 Å². The summed E-state index contributed by atoms with van der Waals surface area (Å²) in [5.41, 5.74) is 2.35. The number of halogens is 2. The van der Waals surface area contributed by atoms with Gasteiger partial charge in [-0.2, -0.15) is 0 Å². The average Bonchev–Trinajstić information content (AvgIpc) is 3.38. The van der Waals surface area contributed by atoms with Gasteiger partial charge in [0.1, 0.15) is 29.3 Å². The molecule has 0 bridgehead atoms. The summed E-state index contributed by atoms with van der Waals surface area (Å²) in [5, 5.41) is 6.66. The lowest BCUT2D eigenvalue weighted by molar-refractivity contribution is 0.0946. The van der Waals surface area contributed by atoms with Crippen molar-refractivity contribution < 1.29 is 18.1 Å². The van der Waals surface area contributed by atoms with E-state index in [4.69, 9.17) is 4.52 Å². The number of nitrogens with one attached hydrogen (secondary N) is 2. The maximum atomic E-state index is 14.1. The van der Waals surface area contributed by atoms with E-state index in [2.05, 4.69) is 20.4 Å². The fourth-order valence-corrected chi connectivity index (χ4v) is 2.78. The van der Waals surface area contributed by atoms with Crippen LogP contribution in [0.15, 0.2) is 65.8 Å². The first-order valence-electron chi connectivity index (χ1n) is 8.37. The van der Waals surface area contributed by atoms with Gasteiger partial charge in [0.2, 0.25) is 0 Å². The third-order valence-electron chi connectivity index (χ3n) is 4.19. The van der Waals surface area contributed by atoms with E-state index in [0.717, 1.165) is 23.8 Å². The van der Waals surface area contributed by atoms with Gasteiger partial charge in [0, 0.05) is 36.3 Å². The number of hydrogen-bond acceptors (Lipinski definition) is 4. The Hall–Kier alpha value is -3.81. The molecule has 0 aliphatic carbocycles. The molecular weight excluding hydrogens is 366 g/mol. The van der Waals surface area contributed by atoms with Crippen molar-refractivity contribution in [1.29, 1.82) is 0 Å². The Morgan fingerprint density at radius 3 is 2.75 bits per heavy atom. The Balaban J connectivity index is 1.56. The smallest absolute Gasteiger partial charge is 0.267 e. The number of pyridine rings is 1. The van der Waals surface area contributed by atoms with Crippen LogP contribution in [-0.2, 0) is 6.54 Å². The minimum Gasteiger partial charge on any atom is -0.363 e. The summed E-state index contributed by atoms with van der Waals surface area (Å²) in [6.07, 6.45) is 6.08. The van der Waals surface area contributed by atoms with Crippen LogP contribution in [0.2, 0.25) is 0 Å². The normalized spacial score (nSPS) is 10.8. The van der Waals surface area contributed by atoms with E-state index in [1.54, 1.807) is 36.8 Å². The maximum absolute atomic E-state index is 14.1. The Kier molecular flexibility index (Phi) is 4.67. The van der Waals surface area contributed by atoms with Gasteiger partial charge in [0.05, 0.1) is 5.56 Å². The first kappa shape index (κ1) is 17.6. The number of aromatic amines is 1. The van der Waals surface area contributed by atoms with E-state index in [1.165, 1.54) is 6.26 Å². The van der Waals surface area contributed by atoms with Crippen molar-refractivity contribution in [2.75, 3.05) is 0 Å². The zero-order valence-corrected chi connectivity index (χ0v) is 14.4. The van der Waals surface area contributed by atoms with Crippen LogP contribution in [0.4, 0.5) is 8.78 Å². The van der Waals surface area contributed by atoms with Crippen LogP contribution in [0.25, 0.3) is 22.4 Å². The number of carbonyl (C=O) groups is 1. The zero-order valence-electron chi connectivity index (χ0n) is 14.4. The van der Waals surface area contributed by atoms with Gasteiger partial charge in [-0.15, -0.1) is 0 Å². The summed E-state index contributed by atoms with van der Waals surface area (Å²) in [6.45, 7) is 0.347. The zero-order chi connectivity index (χ0) is 19.5. The van der Waals surface area contributed by atoms with Gasteiger partial charge in [-0.3, -0.25) is 9.78 Å². The lowest BCUT2D eigenvalue weighted by Gasteiger charge is -2.03. The monoisotopic (exact) mass is 380 g/mol. The van der Waals surface area contributed by atoms with Gasteiger partial charge in [0.25, 0.3) is 5.91 Å². The van der Waals surface area contributed by atoms with Crippen molar-refractivity contribution in [3.05, 3.63) is 84.1 Å². The fraction of sp³-hybridized carbons (Fsp3) is 0.0500. The molecule has 0 radical (unpaired) electrons. The summed E-state index contributed by atoms with van der Waals surface area (Å²) < 4.78 is 32.6. The van der Waals surface area contributed by atoms with Gasteiger partial charge in [0.15, 0.2) is 0 Å². The van der Waals surface area contributed by atoms with Gasteiger partial charge >= 0.3 is 0 Å². The van der Waals surface area contributed by atoms with Gasteiger partial charge < -0.3 is 14.8 Å². The average molecular weight is 380 g/mol. The number of carbonyl (C=O) groups excluding carboxylic acids is 1. The van der Waals surface area contributed by atoms with Gasteiger partial charge in [-0.05, 0) is 42.0 Å². The molecule has 4 rings (SSSR count). The summed E-state index contributed by atoms with van der Waals surface area (Å²) in [5.74, 6) is -1.49. The molecule has 0 aliphatic heterocycles. The molecule has 0 saturated carbocycles. The molecule has 28 heavy (non-hydrogen) atoms. The van der Waals surface area contributed by atoms with Crippen molar-refractivity contribution in [3.63, 3.8) is 0 Å². The topological polar surface area (TPSA) is 83.8 Å². The summed E-state index contributed by atoms with van der Waals surface area (Å²) in [7, 11) is 0. The molecule has 2 N–H and O–H groups in total. The third kappa shape index (κ3) is 3.52. The largest absolute Gasteiger partial charge is 0.363 e. The molecule has 8 heteroatoms. The molecule has 1 amide bonds. The van der Waals surface area contributed by atoms with E-state index in [9.17, 15) is 13.6 Å².